The fourth-order valence-corrected chi connectivity index (χ4v) is 2.31. The lowest BCUT2D eigenvalue weighted by molar-refractivity contribution is 0.0950. The normalized spacial score (nSPS) is 11.3. The third-order valence-electron chi connectivity index (χ3n) is 3.72. The van der Waals surface area contributed by atoms with Crippen LogP contribution < -0.4 is 14.9 Å². The van der Waals surface area contributed by atoms with Gasteiger partial charge in [-0.05, 0) is 37.3 Å². The van der Waals surface area contributed by atoms with Crippen molar-refractivity contribution in [2.75, 3.05) is 14.2 Å². The standard InChI is InChI=1S/C18H18N4O4/c1-11(12-6-7-16(24-2)17(9-12)25-3)19-22-18(23)14-10-13(20-21-14)15-5-4-8-26-15/h4-10H,1-3H3,(H,20,21)(H,22,23). The molecule has 0 fully saturated rings. The van der Waals surface area contributed by atoms with Gasteiger partial charge in [-0.25, -0.2) is 5.43 Å². The molecule has 26 heavy (non-hydrogen) atoms. The number of H-pyrrole nitrogens is 1. The Kier molecular flexibility index (Phi) is 5.02. The lowest BCUT2D eigenvalue weighted by Gasteiger charge is -2.09. The molecule has 134 valence electrons. The Labute approximate surface area is 149 Å². The molecule has 0 spiro atoms. The van der Waals surface area contributed by atoms with E-state index in [1.807, 2.05) is 6.07 Å². The zero-order valence-corrected chi connectivity index (χ0v) is 14.6. The van der Waals surface area contributed by atoms with Gasteiger partial charge in [-0.2, -0.15) is 10.2 Å². The highest BCUT2D eigenvalue weighted by Crippen LogP contribution is 2.27. The molecule has 1 amide bonds. The van der Waals surface area contributed by atoms with E-state index in [1.165, 1.54) is 0 Å². The van der Waals surface area contributed by atoms with Gasteiger partial charge in [-0.15, -0.1) is 0 Å². The fourth-order valence-electron chi connectivity index (χ4n) is 2.31. The number of benzene rings is 1. The van der Waals surface area contributed by atoms with Gasteiger partial charge in [-0.3, -0.25) is 9.89 Å². The number of nitrogens with one attached hydrogen (secondary N) is 2. The van der Waals surface area contributed by atoms with Gasteiger partial charge in [0.05, 0.1) is 26.2 Å². The minimum Gasteiger partial charge on any atom is -0.493 e. The number of hydrazone groups is 1. The average Bonchev–Trinajstić information content (AvgIpc) is 3.36. The van der Waals surface area contributed by atoms with Crippen molar-refractivity contribution in [3.8, 4) is 23.0 Å². The molecule has 0 aliphatic rings. The molecule has 8 nitrogen and oxygen atoms in total. The molecule has 0 bridgehead atoms. The molecule has 0 atom stereocenters. The Morgan fingerprint density at radius 2 is 2.00 bits per heavy atom. The summed E-state index contributed by atoms with van der Waals surface area (Å²) in [6.45, 7) is 1.78. The van der Waals surface area contributed by atoms with Crippen LogP contribution in [0.15, 0.2) is 52.2 Å². The largest absolute Gasteiger partial charge is 0.493 e. The summed E-state index contributed by atoms with van der Waals surface area (Å²) in [7, 11) is 3.13. The monoisotopic (exact) mass is 354 g/mol. The van der Waals surface area contributed by atoms with E-state index >= 15 is 0 Å². The molecular formula is C18H18N4O4. The predicted octanol–water partition coefficient (Wildman–Crippen LogP) is 2.84. The summed E-state index contributed by atoms with van der Waals surface area (Å²) in [5.41, 5.74) is 4.71. The van der Waals surface area contributed by atoms with Crippen molar-refractivity contribution in [3.05, 3.63) is 53.9 Å². The van der Waals surface area contributed by atoms with Crippen LogP contribution in [0.2, 0.25) is 0 Å². The van der Waals surface area contributed by atoms with Crippen LogP contribution in [0.1, 0.15) is 23.0 Å². The molecule has 3 rings (SSSR count). The summed E-state index contributed by atoms with van der Waals surface area (Å²) in [5.74, 6) is 1.37. The zero-order valence-electron chi connectivity index (χ0n) is 14.6. The topological polar surface area (TPSA) is 102 Å². The molecule has 2 heterocycles. The van der Waals surface area contributed by atoms with Crippen LogP contribution in [0.5, 0.6) is 11.5 Å². The van der Waals surface area contributed by atoms with Crippen LogP contribution in [0.25, 0.3) is 11.5 Å². The third kappa shape index (κ3) is 3.59. The quantitative estimate of drug-likeness (QED) is 0.523. The summed E-state index contributed by atoms with van der Waals surface area (Å²) in [4.78, 5) is 12.2. The minimum atomic E-state index is -0.432. The van der Waals surface area contributed by atoms with E-state index in [-0.39, 0.29) is 5.69 Å². The van der Waals surface area contributed by atoms with Crippen LogP contribution in [0.4, 0.5) is 0 Å². The van der Waals surface area contributed by atoms with Crippen molar-refractivity contribution < 1.29 is 18.7 Å². The van der Waals surface area contributed by atoms with E-state index in [1.54, 1.807) is 57.7 Å². The molecule has 0 saturated carbocycles. The Balaban J connectivity index is 1.72. The highest BCUT2D eigenvalue weighted by molar-refractivity contribution is 6.01. The first-order chi connectivity index (χ1) is 12.6. The average molecular weight is 354 g/mol. The maximum Gasteiger partial charge on any atom is 0.291 e. The smallest absolute Gasteiger partial charge is 0.291 e. The first kappa shape index (κ1) is 17.3. The number of carbonyl (C=O) groups excluding carboxylic acids is 1. The van der Waals surface area contributed by atoms with E-state index < -0.39 is 5.91 Å². The van der Waals surface area contributed by atoms with Gasteiger partial charge in [0.2, 0.25) is 0 Å². The predicted molar refractivity (Wildman–Crippen MR) is 95.5 cm³/mol. The van der Waals surface area contributed by atoms with Crippen molar-refractivity contribution in [1.29, 1.82) is 0 Å². The van der Waals surface area contributed by atoms with Crippen LogP contribution in [0.3, 0.4) is 0 Å². The van der Waals surface area contributed by atoms with Crippen molar-refractivity contribution in [2.45, 2.75) is 6.92 Å². The van der Waals surface area contributed by atoms with Gasteiger partial charge in [-0.1, -0.05) is 0 Å². The number of rotatable bonds is 6. The number of nitrogens with zero attached hydrogens (tertiary/aromatic N) is 2. The van der Waals surface area contributed by atoms with Crippen LogP contribution in [-0.2, 0) is 0 Å². The Morgan fingerprint density at radius 1 is 1.19 bits per heavy atom. The number of amides is 1. The van der Waals surface area contributed by atoms with Crippen molar-refractivity contribution in [3.63, 3.8) is 0 Å². The Bertz CT molecular complexity index is 929. The molecule has 1 aromatic carbocycles. The number of carbonyl (C=O) groups is 1. The van der Waals surface area contributed by atoms with Crippen LogP contribution in [-0.4, -0.2) is 36.0 Å². The van der Waals surface area contributed by atoms with E-state index in [0.717, 1.165) is 5.56 Å². The molecule has 0 saturated heterocycles. The van der Waals surface area contributed by atoms with Crippen molar-refractivity contribution in [2.24, 2.45) is 5.10 Å². The maximum absolute atomic E-state index is 12.2. The summed E-state index contributed by atoms with van der Waals surface area (Å²) in [5, 5.41) is 10.8. The Hall–Kier alpha value is -3.55. The second kappa shape index (κ2) is 7.56. The summed E-state index contributed by atoms with van der Waals surface area (Å²) < 4.78 is 15.7. The summed E-state index contributed by atoms with van der Waals surface area (Å²) >= 11 is 0. The van der Waals surface area contributed by atoms with E-state index in [2.05, 4.69) is 20.7 Å². The Morgan fingerprint density at radius 3 is 2.69 bits per heavy atom. The molecule has 0 radical (unpaired) electrons. The first-order valence-electron chi connectivity index (χ1n) is 7.78. The minimum absolute atomic E-state index is 0.209. The number of methoxy groups -OCH3 is 2. The molecule has 3 aromatic rings. The van der Waals surface area contributed by atoms with Crippen LogP contribution >= 0.6 is 0 Å². The number of aromatic amines is 1. The van der Waals surface area contributed by atoms with E-state index in [0.29, 0.717) is 28.7 Å². The van der Waals surface area contributed by atoms with E-state index in [4.69, 9.17) is 13.9 Å². The molecular weight excluding hydrogens is 336 g/mol. The first-order valence-corrected chi connectivity index (χ1v) is 7.78. The summed E-state index contributed by atoms with van der Waals surface area (Å²) in [6, 6.07) is 10.5. The van der Waals surface area contributed by atoms with Gasteiger partial charge in [0.25, 0.3) is 5.91 Å². The van der Waals surface area contributed by atoms with Gasteiger partial charge >= 0.3 is 0 Å². The fraction of sp³-hybridized carbons (Fsp3) is 0.167. The van der Waals surface area contributed by atoms with Crippen molar-refractivity contribution in [1.82, 2.24) is 15.6 Å². The van der Waals surface area contributed by atoms with Gasteiger partial charge < -0.3 is 13.9 Å². The van der Waals surface area contributed by atoms with Crippen molar-refractivity contribution >= 4 is 11.6 Å². The van der Waals surface area contributed by atoms with Crippen LogP contribution in [0, 0.1) is 0 Å². The second-order valence-corrected chi connectivity index (χ2v) is 5.35. The molecule has 0 unspecified atom stereocenters. The lowest BCUT2D eigenvalue weighted by Crippen LogP contribution is -2.19. The maximum atomic E-state index is 12.2. The number of furan rings is 1. The second-order valence-electron chi connectivity index (χ2n) is 5.35. The highest BCUT2D eigenvalue weighted by atomic mass is 16.5. The lowest BCUT2D eigenvalue weighted by atomic mass is 10.1. The highest BCUT2D eigenvalue weighted by Gasteiger charge is 2.13. The molecule has 2 aromatic heterocycles. The number of hydrogen-bond acceptors (Lipinski definition) is 6. The molecule has 8 heteroatoms. The van der Waals surface area contributed by atoms with E-state index in [9.17, 15) is 4.79 Å². The van der Waals surface area contributed by atoms with Gasteiger partial charge in [0.15, 0.2) is 23.0 Å². The molecule has 0 aliphatic heterocycles. The number of aromatic nitrogens is 2. The molecule has 0 aliphatic carbocycles. The number of hydrogen-bond donors (Lipinski definition) is 2. The molecule has 2 N–H and O–H groups in total. The van der Waals surface area contributed by atoms with Gasteiger partial charge in [0.1, 0.15) is 5.69 Å². The zero-order chi connectivity index (χ0) is 18.5. The third-order valence-corrected chi connectivity index (χ3v) is 3.72. The summed E-state index contributed by atoms with van der Waals surface area (Å²) in [6.07, 6.45) is 1.55. The number of ether oxygens (including phenoxy) is 2. The SMILES string of the molecule is COc1ccc(C(C)=NNC(=O)c2cc(-c3ccco3)[nH]n2)cc1OC. The van der Waals surface area contributed by atoms with Gasteiger partial charge in [0, 0.05) is 11.6 Å².